The zero-order chi connectivity index (χ0) is 53.8. The van der Waals surface area contributed by atoms with Gasteiger partial charge in [0.1, 0.15) is 54.6 Å². The molecule has 3 fully saturated rings. The number of H-pyrrole nitrogens is 2. The number of nitrogens with zero attached hydrogens (tertiary/aromatic N) is 8. The van der Waals surface area contributed by atoms with Gasteiger partial charge in [-0.3, -0.25) is 46.8 Å². The third kappa shape index (κ3) is 11.8. The highest BCUT2D eigenvalue weighted by Gasteiger charge is 2.53. The van der Waals surface area contributed by atoms with Crippen molar-refractivity contribution in [1.29, 1.82) is 0 Å². The summed E-state index contributed by atoms with van der Waals surface area (Å²) < 4.78 is 103. The van der Waals surface area contributed by atoms with Crippen LogP contribution in [-0.2, 0) is 83.0 Å². The number of hydrogen-bond donors (Lipinski definition) is 11. The number of aromatic amines is 2. The third-order valence-electron chi connectivity index (χ3n) is 11.5. The fraction of sp³-hybridized carbons (Fsp3) is 0.576. The van der Waals surface area contributed by atoms with Gasteiger partial charge in [-0.25, -0.2) is 42.3 Å². The predicted octanol–water partition coefficient (Wildman–Crippen LogP) is -3.86. The van der Waals surface area contributed by atoms with E-state index in [1.807, 2.05) is 4.98 Å². The van der Waals surface area contributed by atoms with Gasteiger partial charge in [0.05, 0.1) is 45.9 Å². The van der Waals surface area contributed by atoms with E-state index in [0.29, 0.717) is 0 Å². The highest BCUT2D eigenvalue weighted by molar-refractivity contribution is 8.08. The SMILES string of the molecule is COC[C@H]1[C@@H](O)[C@H]([n+]2cn(C)c3c(=O)[nH]c(N)nc32)O[C@@H]1COP(O)(=S)OP(=O)(O)OP(=O)(O)OC[C@H]1O[C@@H](n2cnc3c(N)ncnc32)[C@H](OC)[C@@H]1OP(=O)(O)OC[C@H]1O[C@@H](n2ccc(=O)[nH]c2=O)[C@H](O)[C@@H]1O. The van der Waals surface area contributed by atoms with Gasteiger partial charge in [0.25, 0.3) is 17.1 Å². The van der Waals surface area contributed by atoms with Gasteiger partial charge in [-0.1, -0.05) is 4.98 Å². The number of nitrogen functional groups attached to an aromatic ring is 2. The van der Waals surface area contributed by atoms with Crippen LogP contribution in [-0.4, -0.2) is 168 Å². The average Bonchev–Trinajstić information content (AvgIpc) is 4.10. The van der Waals surface area contributed by atoms with Crippen LogP contribution in [0.4, 0.5) is 11.8 Å². The van der Waals surface area contributed by atoms with E-state index in [9.17, 15) is 63.0 Å². The van der Waals surface area contributed by atoms with Crippen molar-refractivity contribution in [2.24, 2.45) is 13.0 Å². The number of imidazole rings is 2. The molecule has 16 atom stereocenters. The van der Waals surface area contributed by atoms with Crippen LogP contribution in [0.5, 0.6) is 0 Å². The van der Waals surface area contributed by atoms with Crippen LogP contribution < -0.4 is 32.8 Å². The number of fused-ring (bicyclic) bond motifs is 2. The zero-order valence-corrected chi connectivity index (χ0v) is 42.5. The van der Waals surface area contributed by atoms with Crippen molar-refractivity contribution < 1.29 is 104 Å². The van der Waals surface area contributed by atoms with Crippen molar-refractivity contribution in [3.63, 3.8) is 0 Å². The molecule has 3 saturated heterocycles. The first kappa shape index (κ1) is 56.0. The molecule has 3 aliphatic heterocycles. The molecule has 0 bridgehead atoms. The molecule has 0 radical (unpaired) electrons. The lowest BCUT2D eigenvalue weighted by atomic mass is 9.99. The molecular weight excluding hydrogens is 1100 g/mol. The van der Waals surface area contributed by atoms with E-state index in [1.165, 1.54) is 34.2 Å². The maximum Gasteiger partial charge on any atom is 0.488 e. The summed E-state index contributed by atoms with van der Waals surface area (Å²) in [6.07, 6.45) is -12.8. The predicted molar refractivity (Wildman–Crippen MR) is 244 cm³/mol. The molecule has 13 N–H and O–H groups in total. The second-order valence-corrected chi connectivity index (χ2v) is 23.8. The maximum atomic E-state index is 13.6. The molecule has 0 saturated carbocycles. The van der Waals surface area contributed by atoms with E-state index < -0.39 is 140 Å². The molecule has 0 aromatic carbocycles. The van der Waals surface area contributed by atoms with Gasteiger partial charge in [0, 0.05) is 32.4 Å². The first-order chi connectivity index (χ1) is 34.7. The number of phosphoric acid groups is 3. The maximum absolute atomic E-state index is 13.6. The Morgan fingerprint density at radius 1 is 0.797 bits per heavy atom. The first-order valence-corrected chi connectivity index (χ1v) is 28.2. The Labute approximate surface area is 417 Å². The van der Waals surface area contributed by atoms with Crippen LogP contribution in [0.15, 0.2) is 45.6 Å². The third-order valence-corrected chi connectivity index (χ3v) is 17.7. The average molecular weight is 1150 g/mol. The number of anilines is 2. The molecular formula is C33H47N12O24P4S+. The number of methoxy groups -OCH3 is 2. The van der Waals surface area contributed by atoms with E-state index in [2.05, 4.69) is 33.5 Å². The molecule has 8 heterocycles. The fourth-order valence-electron chi connectivity index (χ4n) is 8.27. The van der Waals surface area contributed by atoms with Crippen LogP contribution >= 0.6 is 30.2 Å². The molecule has 36 nitrogen and oxygen atoms in total. The van der Waals surface area contributed by atoms with Crippen molar-refractivity contribution in [2.45, 2.75) is 67.5 Å². The summed E-state index contributed by atoms with van der Waals surface area (Å²) in [6, 6.07) is 0.934. The molecule has 41 heteroatoms. The van der Waals surface area contributed by atoms with Crippen LogP contribution in [0, 0.1) is 5.92 Å². The molecule has 0 aliphatic carbocycles. The number of hydrogen-bond acceptors (Lipinski definition) is 27. The summed E-state index contributed by atoms with van der Waals surface area (Å²) in [5, 5.41) is 32.6. The largest absolute Gasteiger partial charge is 0.488 e. The Kier molecular flexibility index (Phi) is 16.4. The van der Waals surface area contributed by atoms with E-state index in [-0.39, 0.29) is 40.7 Å². The molecule has 3 aliphatic rings. The van der Waals surface area contributed by atoms with Crippen LogP contribution in [0.1, 0.15) is 18.7 Å². The zero-order valence-electron chi connectivity index (χ0n) is 38.1. The second kappa shape index (κ2) is 21.7. The smallest absolute Gasteiger partial charge is 0.387 e. The summed E-state index contributed by atoms with van der Waals surface area (Å²) >= 11 is 4.89. The van der Waals surface area contributed by atoms with Crippen molar-refractivity contribution >= 4 is 76.1 Å². The molecule has 5 aromatic heterocycles. The topological polar surface area (TPSA) is 499 Å². The number of phosphoric ester groups is 2. The Balaban J connectivity index is 0.939. The second-order valence-electron chi connectivity index (χ2n) is 16.3. The first-order valence-electron chi connectivity index (χ1n) is 21.1. The number of aryl methyl sites for hydroxylation is 1. The van der Waals surface area contributed by atoms with Gasteiger partial charge in [0.15, 0.2) is 30.2 Å². The number of nitrogens with two attached hydrogens (primary N) is 2. The molecule has 8 rings (SSSR count). The highest BCUT2D eigenvalue weighted by Crippen LogP contribution is 2.68. The lowest BCUT2D eigenvalue weighted by Crippen LogP contribution is -2.45. The molecule has 0 spiro atoms. The Morgan fingerprint density at radius 3 is 2.19 bits per heavy atom. The minimum atomic E-state index is -5.97. The molecule has 0 amide bonds. The van der Waals surface area contributed by atoms with Gasteiger partial charge in [-0.05, 0) is 11.8 Å². The quantitative estimate of drug-likeness (QED) is 0.0247. The number of aromatic nitrogens is 10. The van der Waals surface area contributed by atoms with Crippen LogP contribution in [0.3, 0.4) is 0 Å². The van der Waals surface area contributed by atoms with Gasteiger partial charge in [0.2, 0.25) is 11.7 Å². The highest BCUT2D eigenvalue weighted by atomic mass is 32.5. The number of aliphatic hydroxyl groups excluding tert-OH is 3. The molecule has 4 unspecified atom stereocenters. The minimum absolute atomic E-state index is 0.0196. The van der Waals surface area contributed by atoms with Crippen molar-refractivity contribution in [3.8, 4) is 0 Å². The number of rotatable bonds is 21. The van der Waals surface area contributed by atoms with E-state index in [1.54, 1.807) is 0 Å². The monoisotopic (exact) mass is 1150 g/mol. The minimum Gasteiger partial charge on any atom is -0.387 e. The van der Waals surface area contributed by atoms with Gasteiger partial charge in [-0.15, -0.1) is 0 Å². The van der Waals surface area contributed by atoms with E-state index >= 15 is 0 Å². The summed E-state index contributed by atoms with van der Waals surface area (Å²) in [7, 11) is -13.3. The number of ether oxygens (including phenoxy) is 5. The lowest BCUT2D eigenvalue weighted by Gasteiger charge is -2.26. The Bertz CT molecular complexity index is 3270. The molecule has 408 valence electrons. The van der Waals surface area contributed by atoms with E-state index in [4.69, 9.17) is 65.1 Å². The van der Waals surface area contributed by atoms with Gasteiger partial charge < -0.3 is 74.6 Å². The fourth-order valence-corrected chi connectivity index (χ4v) is 13.7. The van der Waals surface area contributed by atoms with Crippen molar-refractivity contribution in [1.82, 2.24) is 43.6 Å². The molecule has 74 heavy (non-hydrogen) atoms. The van der Waals surface area contributed by atoms with Crippen molar-refractivity contribution in [2.75, 3.05) is 52.1 Å². The molecule has 5 aromatic rings. The van der Waals surface area contributed by atoms with E-state index in [0.717, 1.165) is 36.6 Å². The summed E-state index contributed by atoms with van der Waals surface area (Å²) in [5.41, 5.74) is 9.47. The van der Waals surface area contributed by atoms with Crippen LogP contribution in [0.25, 0.3) is 22.3 Å². The summed E-state index contributed by atoms with van der Waals surface area (Å²) in [5.74, 6) is -1.26. The Hall–Kier alpha value is -4.20. The lowest BCUT2D eigenvalue weighted by molar-refractivity contribution is -0.745. The van der Waals surface area contributed by atoms with Gasteiger partial charge in [-0.2, -0.15) is 4.31 Å². The summed E-state index contributed by atoms with van der Waals surface area (Å²) in [6.45, 7) is -8.09. The number of aliphatic hydroxyl groups is 3. The Morgan fingerprint density at radius 2 is 1.49 bits per heavy atom. The summed E-state index contributed by atoms with van der Waals surface area (Å²) in [4.78, 5) is 100. The standard InChI is InChI=1S/C33H46N12O24P4S/c1-42-12-45(27-19(42)28(50)41-32(35)40-27)29-20(47)13(6-59-2)14(64-29)7-63-73(58,74)69-72(56,57)68-71(54,55)62-9-16-23(24(60-3)31(66-16)44-11-38-18-25(34)36-10-37-26(18)44)67-70(52,53)61-8-15-21(48)22(49)30(65-15)43-5-4-17(46)39-33(43)51/h4-5,10-16,20-24,29-31,47-49H,6-9H2,1-3H3,(H9-,34,35,36,37,39,40,41,46,50,51,52,53,54,55,56,57,58,74)/p+1/t13-,14-,15-,16-,20-,21-,22-,23-,24-,29-,30-,31-,73?/m1/s1. The number of nitrogens with one attached hydrogen (secondary N) is 2. The van der Waals surface area contributed by atoms with Crippen LogP contribution in [0.2, 0.25) is 0 Å². The normalized spacial score (nSPS) is 30.6. The van der Waals surface area contributed by atoms with Gasteiger partial charge >= 0.3 is 41.5 Å². The van der Waals surface area contributed by atoms with Crippen molar-refractivity contribution in [3.05, 3.63) is 62.4 Å².